The first-order valence-electron chi connectivity index (χ1n) is 9.62. The summed E-state index contributed by atoms with van der Waals surface area (Å²) < 4.78 is 8.71. The fourth-order valence-electron chi connectivity index (χ4n) is 3.56. The van der Waals surface area contributed by atoms with E-state index >= 15 is 0 Å². The second-order valence-electron chi connectivity index (χ2n) is 7.01. The zero-order valence-electron chi connectivity index (χ0n) is 16.1. The van der Waals surface area contributed by atoms with Crippen LogP contribution in [0.25, 0.3) is 22.1 Å². The van der Waals surface area contributed by atoms with E-state index in [2.05, 4.69) is 44.5 Å². The average molecular weight is 453 g/mol. The van der Waals surface area contributed by atoms with Crippen LogP contribution in [0.4, 0.5) is 0 Å². The van der Waals surface area contributed by atoms with Crippen LogP contribution in [-0.2, 0) is 13.0 Å². The van der Waals surface area contributed by atoms with E-state index in [4.69, 9.17) is 4.42 Å². The molecule has 0 aliphatic rings. The number of unbranched alkanes of at least 4 members (excludes halogenated alkanes) is 1. The Morgan fingerprint density at radius 1 is 1.21 bits per heavy atom. The van der Waals surface area contributed by atoms with Gasteiger partial charge in [0.2, 0.25) is 0 Å². The van der Waals surface area contributed by atoms with Crippen molar-refractivity contribution in [2.24, 2.45) is 0 Å². The Morgan fingerprint density at radius 3 is 2.83 bits per heavy atom. The molecule has 1 N–H and O–H groups in total. The zero-order chi connectivity index (χ0) is 20.4. The van der Waals surface area contributed by atoms with Gasteiger partial charge < -0.3 is 14.1 Å². The third kappa shape index (κ3) is 3.85. The topological polar surface area (TPSA) is 68.3 Å². The Bertz CT molecular complexity index is 1180. The zero-order valence-corrected chi connectivity index (χ0v) is 17.6. The van der Waals surface area contributed by atoms with Crippen LogP contribution < -0.4 is 0 Å². The number of aryl methyl sites for hydroxylation is 1. The molecule has 0 spiro atoms. The number of hydrogen-bond acceptors (Lipinski definition) is 3. The summed E-state index contributed by atoms with van der Waals surface area (Å²) in [5.41, 5.74) is 1.92. The highest BCUT2D eigenvalue weighted by atomic mass is 79.9. The molecule has 6 heteroatoms. The van der Waals surface area contributed by atoms with Crippen LogP contribution in [0.2, 0.25) is 0 Å². The van der Waals surface area contributed by atoms with Crippen LogP contribution in [0.15, 0.2) is 63.9 Å². The fourth-order valence-corrected chi connectivity index (χ4v) is 4.05. The molecule has 0 unspecified atom stereocenters. The van der Waals surface area contributed by atoms with Gasteiger partial charge in [0.1, 0.15) is 11.6 Å². The predicted octanol–water partition coefficient (Wildman–Crippen LogP) is 6.15. The standard InChI is InChI=1S/C23H21BrN2O3/c1-2-3-8-20-25-11-12-26(20)14-15-9-10-17-19(13-15)22(24)29-21(17)16-6-4-5-7-18(16)23(27)28/h4-7,9-13H,2-3,8,14H2,1H3,(H,27,28). The molecule has 148 valence electrons. The molecule has 0 fully saturated rings. The van der Waals surface area contributed by atoms with E-state index in [-0.39, 0.29) is 5.56 Å². The molecule has 0 aliphatic carbocycles. The van der Waals surface area contributed by atoms with E-state index in [9.17, 15) is 9.90 Å². The quantitative estimate of drug-likeness (QED) is 0.365. The van der Waals surface area contributed by atoms with Crippen LogP contribution in [0, 0.1) is 0 Å². The maximum atomic E-state index is 11.6. The number of fused-ring (bicyclic) bond motifs is 1. The average Bonchev–Trinajstić information content (AvgIpc) is 3.30. The number of imidazole rings is 1. The largest absolute Gasteiger partial charge is 0.478 e. The van der Waals surface area contributed by atoms with Crippen molar-refractivity contribution in [3.63, 3.8) is 0 Å². The summed E-state index contributed by atoms with van der Waals surface area (Å²) in [6, 6.07) is 13.0. The van der Waals surface area contributed by atoms with E-state index in [1.807, 2.05) is 24.5 Å². The second-order valence-corrected chi connectivity index (χ2v) is 7.73. The van der Waals surface area contributed by atoms with Crippen LogP contribution in [0.5, 0.6) is 0 Å². The molecule has 0 radical (unpaired) electrons. The van der Waals surface area contributed by atoms with Gasteiger partial charge in [0, 0.05) is 41.7 Å². The van der Waals surface area contributed by atoms with Gasteiger partial charge >= 0.3 is 5.97 Å². The predicted molar refractivity (Wildman–Crippen MR) is 116 cm³/mol. The molecule has 0 bridgehead atoms. The van der Waals surface area contributed by atoms with E-state index in [1.165, 1.54) is 0 Å². The van der Waals surface area contributed by atoms with Crippen molar-refractivity contribution in [1.29, 1.82) is 0 Å². The minimum absolute atomic E-state index is 0.221. The first kappa shape index (κ1) is 19.5. The minimum Gasteiger partial charge on any atom is -0.478 e. The summed E-state index contributed by atoms with van der Waals surface area (Å²) >= 11 is 3.50. The molecular formula is C23H21BrN2O3. The van der Waals surface area contributed by atoms with Crippen molar-refractivity contribution in [2.45, 2.75) is 32.7 Å². The minimum atomic E-state index is -0.974. The van der Waals surface area contributed by atoms with Crippen molar-refractivity contribution >= 4 is 32.7 Å². The third-order valence-corrected chi connectivity index (χ3v) is 5.63. The van der Waals surface area contributed by atoms with Crippen molar-refractivity contribution in [3.05, 3.63) is 76.5 Å². The second kappa shape index (κ2) is 8.25. The van der Waals surface area contributed by atoms with Crippen molar-refractivity contribution < 1.29 is 14.3 Å². The highest BCUT2D eigenvalue weighted by Crippen LogP contribution is 2.38. The summed E-state index contributed by atoms with van der Waals surface area (Å²) in [4.78, 5) is 16.1. The molecule has 0 aliphatic heterocycles. The lowest BCUT2D eigenvalue weighted by Crippen LogP contribution is -2.04. The summed E-state index contributed by atoms with van der Waals surface area (Å²) in [7, 11) is 0. The molecule has 2 aromatic carbocycles. The highest BCUT2D eigenvalue weighted by Gasteiger charge is 2.19. The third-order valence-electron chi connectivity index (χ3n) is 5.04. The van der Waals surface area contributed by atoms with Gasteiger partial charge in [0.25, 0.3) is 0 Å². The van der Waals surface area contributed by atoms with Crippen LogP contribution in [0.3, 0.4) is 0 Å². The van der Waals surface area contributed by atoms with Gasteiger partial charge in [0.05, 0.1) is 5.56 Å². The molecule has 2 aromatic heterocycles. The number of nitrogens with zero attached hydrogens (tertiary/aromatic N) is 2. The van der Waals surface area contributed by atoms with E-state index < -0.39 is 5.97 Å². The summed E-state index contributed by atoms with van der Waals surface area (Å²) in [5.74, 6) is 0.676. The van der Waals surface area contributed by atoms with Gasteiger partial charge in [-0.2, -0.15) is 0 Å². The molecular weight excluding hydrogens is 432 g/mol. The van der Waals surface area contributed by atoms with Crippen LogP contribution in [-0.4, -0.2) is 20.6 Å². The molecule has 5 nitrogen and oxygen atoms in total. The van der Waals surface area contributed by atoms with Gasteiger partial charge in [-0.3, -0.25) is 0 Å². The first-order valence-corrected chi connectivity index (χ1v) is 10.4. The maximum absolute atomic E-state index is 11.6. The Balaban J connectivity index is 1.72. The number of carbonyl (C=O) groups is 1. The number of carboxylic acids is 1. The van der Waals surface area contributed by atoms with Gasteiger partial charge in [-0.25, -0.2) is 9.78 Å². The fraction of sp³-hybridized carbons (Fsp3) is 0.217. The number of hydrogen-bond donors (Lipinski definition) is 1. The summed E-state index contributed by atoms with van der Waals surface area (Å²) in [5, 5.41) is 11.3. The molecule has 0 atom stereocenters. The van der Waals surface area contributed by atoms with Crippen LogP contribution >= 0.6 is 15.9 Å². The lowest BCUT2D eigenvalue weighted by molar-refractivity contribution is 0.0697. The Morgan fingerprint density at radius 2 is 2.03 bits per heavy atom. The Labute approximate surface area is 177 Å². The van der Waals surface area contributed by atoms with Gasteiger partial charge in [0.15, 0.2) is 4.67 Å². The Hall–Kier alpha value is -2.86. The SMILES string of the molecule is CCCCc1nccn1Cc1ccc2c(-c3ccccc3C(=O)O)oc(Br)c2c1. The van der Waals surface area contributed by atoms with E-state index in [0.29, 0.717) is 16.0 Å². The Kier molecular flexibility index (Phi) is 5.53. The van der Waals surface area contributed by atoms with Gasteiger partial charge in [-0.15, -0.1) is 0 Å². The lowest BCUT2D eigenvalue weighted by atomic mass is 10.0. The highest BCUT2D eigenvalue weighted by molar-refractivity contribution is 9.10. The number of aromatic nitrogens is 2. The number of benzene rings is 2. The molecule has 0 amide bonds. The van der Waals surface area contributed by atoms with Gasteiger partial charge in [-0.1, -0.05) is 43.7 Å². The van der Waals surface area contributed by atoms with Gasteiger partial charge in [-0.05, 0) is 40.0 Å². The number of carboxylic acid groups (broad SMARTS) is 1. The molecule has 4 aromatic rings. The lowest BCUT2D eigenvalue weighted by Gasteiger charge is -2.08. The van der Waals surface area contributed by atoms with Crippen molar-refractivity contribution in [3.8, 4) is 11.3 Å². The molecule has 4 rings (SSSR count). The number of rotatable bonds is 7. The first-order chi connectivity index (χ1) is 14.1. The maximum Gasteiger partial charge on any atom is 0.336 e. The molecule has 0 saturated carbocycles. The van der Waals surface area contributed by atoms with Crippen LogP contribution in [0.1, 0.15) is 41.5 Å². The van der Waals surface area contributed by atoms with Crippen molar-refractivity contribution in [2.75, 3.05) is 0 Å². The smallest absolute Gasteiger partial charge is 0.336 e. The number of halogens is 1. The van der Waals surface area contributed by atoms with E-state index in [0.717, 1.165) is 48.0 Å². The monoisotopic (exact) mass is 452 g/mol. The van der Waals surface area contributed by atoms with E-state index in [1.54, 1.807) is 18.2 Å². The molecule has 2 heterocycles. The summed E-state index contributed by atoms with van der Waals surface area (Å²) in [6.07, 6.45) is 7.08. The molecule has 0 saturated heterocycles. The number of aromatic carboxylic acids is 1. The number of furan rings is 1. The van der Waals surface area contributed by atoms with Crippen molar-refractivity contribution in [1.82, 2.24) is 9.55 Å². The normalized spacial score (nSPS) is 11.2. The summed E-state index contributed by atoms with van der Waals surface area (Å²) in [6.45, 7) is 2.91. The molecule has 29 heavy (non-hydrogen) atoms.